The van der Waals surface area contributed by atoms with Gasteiger partial charge >= 0.3 is 0 Å². The Bertz CT molecular complexity index is 511. The molecule has 0 spiro atoms. The van der Waals surface area contributed by atoms with Crippen molar-refractivity contribution in [3.8, 4) is 5.75 Å². The number of halogens is 1. The maximum absolute atomic E-state index is 11.6. The molecule has 0 atom stereocenters. The van der Waals surface area contributed by atoms with Crippen molar-refractivity contribution < 1.29 is 9.90 Å². The Labute approximate surface area is 96.1 Å². The first-order valence-electron chi connectivity index (χ1n) is 4.46. The number of carbonyl (C=O) groups excluding carboxylic acids is 1. The minimum Gasteiger partial charge on any atom is -0.506 e. The summed E-state index contributed by atoms with van der Waals surface area (Å²) >= 11 is 5.74. The van der Waals surface area contributed by atoms with E-state index in [0.717, 1.165) is 0 Å². The van der Waals surface area contributed by atoms with Crippen LogP contribution in [0.4, 0.5) is 5.69 Å². The Kier molecular flexibility index (Phi) is 2.78. The van der Waals surface area contributed by atoms with Gasteiger partial charge in [-0.25, -0.2) is 0 Å². The van der Waals surface area contributed by atoms with Crippen molar-refractivity contribution in [2.24, 2.45) is 0 Å². The zero-order valence-electron chi connectivity index (χ0n) is 8.07. The second-order valence-electron chi connectivity index (χ2n) is 3.09. The largest absolute Gasteiger partial charge is 0.506 e. The summed E-state index contributed by atoms with van der Waals surface area (Å²) in [6, 6.07) is 5.93. The van der Waals surface area contributed by atoms with Crippen LogP contribution in [0.15, 0.2) is 30.5 Å². The predicted molar refractivity (Wildman–Crippen MR) is 59.7 cm³/mol. The van der Waals surface area contributed by atoms with Gasteiger partial charge in [-0.3, -0.25) is 9.89 Å². The van der Waals surface area contributed by atoms with Gasteiger partial charge in [0, 0.05) is 11.2 Å². The highest BCUT2D eigenvalue weighted by atomic mass is 35.5. The van der Waals surface area contributed by atoms with Crippen molar-refractivity contribution in [1.82, 2.24) is 10.2 Å². The Balaban J connectivity index is 2.21. The van der Waals surface area contributed by atoms with Gasteiger partial charge < -0.3 is 10.4 Å². The van der Waals surface area contributed by atoms with Gasteiger partial charge in [0.05, 0.1) is 5.69 Å². The summed E-state index contributed by atoms with van der Waals surface area (Å²) in [6.07, 6.45) is 1.47. The Morgan fingerprint density at radius 2 is 2.25 bits per heavy atom. The third-order valence-corrected chi connectivity index (χ3v) is 2.19. The number of nitrogens with one attached hydrogen (secondary N) is 2. The van der Waals surface area contributed by atoms with Gasteiger partial charge in [0.1, 0.15) is 11.4 Å². The zero-order valence-corrected chi connectivity index (χ0v) is 8.82. The molecule has 16 heavy (non-hydrogen) atoms. The summed E-state index contributed by atoms with van der Waals surface area (Å²) in [6.45, 7) is 0. The number of hydrogen-bond donors (Lipinski definition) is 3. The standard InChI is InChI=1S/C10H8ClN3O2/c11-6-1-2-9(15)8(5-6)13-10(16)7-3-4-12-14-7/h1-5,15H,(H,12,14)(H,13,16). The van der Waals surface area contributed by atoms with Crippen LogP contribution in [0.5, 0.6) is 5.75 Å². The molecule has 0 aliphatic carbocycles. The summed E-state index contributed by atoms with van der Waals surface area (Å²) in [5.41, 5.74) is 0.562. The van der Waals surface area contributed by atoms with Gasteiger partial charge in [0.25, 0.3) is 5.91 Å². The smallest absolute Gasteiger partial charge is 0.273 e. The van der Waals surface area contributed by atoms with E-state index in [0.29, 0.717) is 10.7 Å². The topological polar surface area (TPSA) is 78.0 Å². The first-order chi connectivity index (χ1) is 7.66. The molecule has 3 N–H and O–H groups in total. The highest BCUT2D eigenvalue weighted by Gasteiger charge is 2.09. The van der Waals surface area contributed by atoms with Crippen molar-refractivity contribution in [2.75, 3.05) is 5.32 Å². The molecule has 0 saturated heterocycles. The maximum atomic E-state index is 11.6. The van der Waals surface area contributed by atoms with Crippen molar-refractivity contribution in [1.29, 1.82) is 0 Å². The predicted octanol–water partition coefficient (Wildman–Crippen LogP) is 2.02. The molecular formula is C10H8ClN3O2. The van der Waals surface area contributed by atoms with Crippen LogP contribution in [0.3, 0.4) is 0 Å². The number of phenols is 1. The number of benzene rings is 1. The van der Waals surface area contributed by atoms with Gasteiger partial charge in [-0.2, -0.15) is 5.10 Å². The van der Waals surface area contributed by atoms with Gasteiger partial charge in [0.15, 0.2) is 0 Å². The van der Waals surface area contributed by atoms with Crippen molar-refractivity contribution in [3.05, 3.63) is 41.2 Å². The number of H-pyrrole nitrogens is 1. The number of hydrogen-bond acceptors (Lipinski definition) is 3. The summed E-state index contributed by atoms with van der Waals surface area (Å²) < 4.78 is 0. The van der Waals surface area contributed by atoms with E-state index in [2.05, 4.69) is 15.5 Å². The Morgan fingerprint density at radius 3 is 2.94 bits per heavy atom. The van der Waals surface area contributed by atoms with Crippen LogP contribution in [-0.2, 0) is 0 Å². The normalized spacial score (nSPS) is 10.1. The minimum atomic E-state index is -0.393. The zero-order chi connectivity index (χ0) is 11.5. The fraction of sp³-hybridized carbons (Fsp3) is 0. The highest BCUT2D eigenvalue weighted by molar-refractivity contribution is 6.31. The number of aromatic nitrogens is 2. The number of aromatic hydroxyl groups is 1. The van der Waals surface area contributed by atoms with E-state index in [9.17, 15) is 9.90 Å². The van der Waals surface area contributed by atoms with Crippen molar-refractivity contribution >= 4 is 23.2 Å². The van der Waals surface area contributed by atoms with Crippen LogP contribution in [0.25, 0.3) is 0 Å². The molecule has 1 aromatic heterocycles. The first kappa shape index (κ1) is 10.5. The molecule has 0 saturated carbocycles. The molecule has 1 aromatic carbocycles. The summed E-state index contributed by atoms with van der Waals surface area (Å²) in [5.74, 6) is -0.438. The van der Waals surface area contributed by atoms with Crippen LogP contribution in [0, 0.1) is 0 Å². The third kappa shape index (κ3) is 2.14. The van der Waals surface area contributed by atoms with Crippen LogP contribution in [0.1, 0.15) is 10.5 Å². The third-order valence-electron chi connectivity index (χ3n) is 1.95. The fourth-order valence-corrected chi connectivity index (χ4v) is 1.35. The van der Waals surface area contributed by atoms with Gasteiger partial charge in [-0.05, 0) is 24.3 Å². The van der Waals surface area contributed by atoms with E-state index in [-0.39, 0.29) is 11.4 Å². The van der Waals surface area contributed by atoms with Crippen LogP contribution < -0.4 is 5.32 Å². The number of phenolic OH excluding ortho intramolecular Hbond substituents is 1. The number of aromatic amines is 1. The highest BCUT2D eigenvalue weighted by Crippen LogP contribution is 2.26. The van der Waals surface area contributed by atoms with Crippen molar-refractivity contribution in [3.63, 3.8) is 0 Å². The number of amides is 1. The molecule has 6 heteroatoms. The second kappa shape index (κ2) is 4.24. The van der Waals surface area contributed by atoms with E-state index in [4.69, 9.17) is 11.6 Å². The SMILES string of the molecule is O=C(Nc1cc(Cl)ccc1O)c1ccn[nH]1. The molecule has 1 amide bonds. The summed E-state index contributed by atoms with van der Waals surface area (Å²) in [4.78, 5) is 11.6. The molecule has 82 valence electrons. The molecule has 0 bridgehead atoms. The van der Waals surface area contributed by atoms with Gasteiger partial charge in [0.2, 0.25) is 0 Å². The molecule has 1 heterocycles. The van der Waals surface area contributed by atoms with E-state index in [1.807, 2.05) is 0 Å². The van der Waals surface area contributed by atoms with E-state index >= 15 is 0 Å². The lowest BCUT2D eigenvalue weighted by Crippen LogP contribution is -2.12. The number of carbonyl (C=O) groups is 1. The summed E-state index contributed by atoms with van der Waals surface area (Å²) in [7, 11) is 0. The quantitative estimate of drug-likeness (QED) is 0.700. The van der Waals surface area contributed by atoms with E-state index < -0.39 is 5.91 Å². The lowest BCUT2D eigenvalue weighted by atomic mass is 10.3. The lowest BCUT2D eigenvalue weighted by molar-refractivity contribution is 0.102. The van der Waals surface area contributed by atoms with E-state index in [1.165, 1.54) is 30.5 Å². The van der Waals surface area contributed by atoms with Crippen LogP contribution >= 0.6 is 11.6 Å². The fourth-order valence-electron chi connectivity index (χ4n) is 1.18. The molecule has 2 rings (SSSR count). The monoisotopic (exact) mass is 237 g/mol. The molecule has 0 aliphatic heterocycles. The molecule has 2 aromatic rings. The molecule has 0 fully saturated rings. The second-order valence-corrected chi connectivity index (χ2v) is 3.52. The lowest BCUT2D eigenvalue weighted by Gasteiger charge is -2.06. The molecular weight excluding hydrogens is 230 g/mol. The molecule has 0 radical (unpaired) electrons. The van der Waals surface area contributed by atoms with E-state index in [1.54, 1.807) is 0 Å². The average Bonchev–Trinajstić information content (AvgIpc) is 2.76. The van der Waals surface area contributed by atoms with Crippen molar-refractivity contribution in [2.45, 2.75) is 0 Å². The Hall–Kier alpha value is -2.01. The number of nitrogens with zero attached hydrogens (tertiary/aromatic N) is 1. The Morgan fingerprint density at radius 1 is 1.44 bits per heavy atom. The van der Waals surface area contributed by atoms with Crippen LogP contribution in [0.2, 0.25) is 5.02 Å². The first-order valence-corrected chi connectivity index (χ1v) is 4.84. The summed E-state index contributed by atoms with van der Waals surface area (Å²) in [5, 5.41) is 18.6. The average molecular weight is 238 g/mol. The van der Waals surface area contributed by atoms with Crippen LogP contribution in [-0.4, -0.2) is 21.2 Å². The minimum absolute atomic E-state index is 0.0442. The van der Waals surface area contributed by atoms with Gasteiger partial charge in [-0.15, -0.1) is 0 Å². The number of rotatable bonds is 2. The van der Waals surface area contributed by atoms with Gasteiger partial charge in [-0.1, -0.05) is 11.6 Å². The molecule has 5 nitrogen and oxygen atoms in total. The number of anilines is 1. The molecule has 0 aliphatic rings. The maximum Gasteiger partial charge on any atom is 0.273 e. The molecule has 0 unspecified atom stereocenters.